The second-order valence-corrected chi connectivity index (χ2v) is 6.73. The van der Waals surface area contributed by atoms with Crippen LogP contribution in [-0.4, -0.2) is 11.0 Å². The summed E-state index contributed by atoms with van der Waals surface area (Å²) in [5, 5.41) is 11.0. The average Bonchev–Trinajstić information content (AvgIpc) is 3.41. The summed E-state index contributed by atoms with van der Waals surface area (Å²) in [6, 6.07) is 13.8. The molecule has 0 spiro atoms. The molecule has 0 saturated heterocycles. The fourth-order valence-electron chi connectivity index (χ4n) is 3.26. The third kappa shape index (κ3) is 3.06. The molecule has 1 saturated carbocycles. The molecule has 1 aliphatic carbocycles. The van der Waals surface area contributed by atoms with Gasteiger partial charge in [-0.05, 0) is 47.9 Å². The first-order valence-electron chi connectivity index (χ1n) is 8.29. The molecule has 1 amide bonds. The van der Waals surface area contributed by atoms with Crippen LogP contribution in [-0.2, 0) is 16.8 Å². The standard InChI is InChI=1S/C20H22FNO2/c1-13(20(24,19(22)23)17-5-3-2-4-6-17)11-16-12-15(14-7-8-14)9-10-18(16)21/h2-6,9-10,12-14,24H,7-8,11H2,1H3,(H2,22,23). The Kier molecular flexibility index (Phi) is 4.41. The summed E-state index contributed by atoms with van der Waals surface area (Å²) in [7, 11) is 0. The van der Waals surface area contributed by atoms with Gasteiger partial charge in [0.25, 0.3) is 5.91 Å². The molecule has 24 heavy (non-hydrogen) atoms. The van der Waals surface area contributed by atoms with Crippen LogP contribution in [0.15, 0.2) is 48.5 Å². The molecule has 3 rings (SSSR count). The number of carbonyl (C=O) groups excluding carboxylic acids is 1. The molecular formula is C20H22FNO2. The van der Waals surface area contributed by atoms with Gasteiger partial charge in [-0.3, -0.25) is 4.79 Å². The van der Waals surface area contributed by atoms with Gasteiger partial charge in [0.05, 0.1) is 0 Å². The van der Waals surface area contributed by atoms with E-state index in [1.165, 1.54) is 6.07 Å². The first kappa shape index (κ1) is 16.7. The lowest BCUT2D eigenvalue weighted by Gasteiger charge is -2.32. The molecule has 3 N–H and O–H groups in total. The zero-order valence-corrected chi connectivity index (χ0v) is 13.7. The Morgan fingerprint density at radius 2 is 1.96 bits per heavy atom. The van der Waals surface area contributed by atoms with E-state index in [4.69, 9.17) is 5.73 Å². The number of hydrogen-bond donors (Lipinski definition) is 2. The SMILES string of the molecule is CC(Cc1cc(C2CC2)ccc1F)C(O)(C(N)=O)c1ccccc1. The molecule has 0 radical (unpaired) electrons. The molecular weight excluding hydrogens is 305 g/mol. The fourth-order valence-corrected chi connectivity index (χ4v) is 3.26. The van der Waals surface area contributed by atoms with Crippen molar-refractivity contribution in [2.45, 2.75) is 37.7 Å². The van der Waals surface area contributed by atoms with E-state index in [0.717, 1.165) is 18.4 Å². The monoisotopic (exact) mass is 327 g/mol. The minimum Gasteiger partial charge on any atom is -0.375 e. The van der Waals surface area contributed by atoms with E-state index in [1.54, 1.807) is 37.3 Å². The van der Waals surface area contributed by atoms with Crippen LogP contribution in [0.1, 0.15) is 42.4 Å². The van der Waals surface area contributed by atoms with E-state index in [9.17, 15) is 14.3 Å². The van der Waals surface area contributed by atoms with Crippen LogP contribution in [0.25, 0.3) is 0 Å². The van der Waals surface area contributed by atoms with Gasteiger partial charge >= 0.3 is 0 Å². The molecule has 2 atom stereocenters. The van der Waals surface area contributed by atoms with Crippen molar-refractivity contribution in [2.75, 3.05) is 0 Å². The normalized spacial score (nSPS) is 18.0. The van der Waals surface area contributed by atoms with Crippen LogP contribution < -0.4 is 5.73 Å². The van der Waals surface area contributed by atoms with Crippen molar-refractivity contribution >= 4 is 5.91 Å². The Balaban J connectivity index is 1.90. The Morgan fingerprint density at radius 3 is 2.54 bits per heavy atom. The van der Waals surface area contributed by atoms with Crippen LogP contribution in [0.2, 0.25) is 0 Å². The molecule has 0 bridgehead atoms. The van der Waals surface area contributed by atoms with Crippen molar-refractivity contribution in [1.82, 2.24) is 0 Å². The molecule has 0 heterocycles. The number of carbonyl (C=O) groups is 1. The van der Waals surface area contributed by atoms with E-state index in [0.29, 0.717) is 17.0 Å². The summed E-state index contributed by atoms with van der Waals surface area (Å²) in [6.45, 7) is 1.72. The summed E-state index contributed by atoms with van der Waals surface area (Å²) < 4.78 is 14.2. The smallest absolute Gasteiger partial charge is 0.254 e. The zero-order valence-electron chi connectivity index (χ0n) is 13.7. The van der Waals surface area contributed by atoms with Crippen molar-refractivity contribution < 1.29 is 14.3 Å². The van der Waals surface area contributed by atoms with Crippen LogP contribution in [0.4, 0.5) is 4.39 Å². The van der Waals surface area contributed by atoms with Gasteiger partial charge < -0.3 is 10.8 Å². The molecule has 2 aromatic rings. The Bertz CT molecular complexity index is 743. The fraction of sp³-hybridized carbons (Fsp3) is 0.350. The number of primary amides is 1. The summed E-state index contributed by atoms with van der Waals surface area (Å²) in [5.41, 5.74) is 5.75. The van der Waals surface area contributed by atoms with Crippen molar-refractivity contribution in [1.29, 1.82) is 0 Å². The first-order chi connectivity index (χ1) is 11.4. The summed E-state index contributed by atoms with van der Waals surface area (Å²) >= 11 is 0. The highest BCUT2D eigenvalue weighted by atomic mass is 19.1. The molecule has 0 aromatic heterocycles. The van der Waals surface area contributed by atoms with E-state index in [1.807, 2.05) is 12.1 Å². The lowest BCUT2D eigenvalue weighted by atomic mass is 9.78. The Hall–Kier alpha value is -2.20. The van der Waals surface area contributed by atoms with Gasteiger partial charge in [0.15, 0.2) is 5.60 Å². The number of halogens is 1. The molecule has 1 aliphatic rings. The Labute approximate surface area is 141 Å². The largest absolute Gasteiger partial charge is 0.375 e. The van der Waals surface area contributed by atoms with Crippen LogP contribution in [0.3, 0.4) is 0 Å². The number of nitrogens with two attached hydrogens (primary N) is 1. The molecule has 2 aromatic carbocycles. The van der Waals surface area contributed by atoms with Gasteiger partial charge in [-0.15, -0.1) is 0 Å². The van der Waals surface area contributed by atoms with Gasteiger partial charge in [0.2, 0.25) is 0 Å². The number of aliphatic hydroxyl groups is 1. The second kappa shape index (κ2) is 6.36. The maximum absolute atomic E-state index is 14.2. The van der Waals surface area contributed by atoms with Gasteiger partial charge in [0, 0.05) is 5.92 Å². The van der Waals surface area contributed by atoms with Crippen molar-refractivity contribution in [3.63, 3.8) is 0 Å². The van der Waals surface area contributed by atoms with E-state index in [-0.39, 0.29) is 12.2 Å². The second-order valence-electron chi connectivity index (χ2n) is 6.73. The molecule has 126 valence electrons. The van der Waals surface area contributed by atoms with E-state index < -0.39 is 17.4 Å². The van der Waals surface area contributed by atoms with Crippen LogP contribution >= 0.6 is 0 Å². The molecule has 4 heteroatoms. The van der Waals surface area contributed by atoms with Gasteiger partial charge in [-0.25, -0.2) is 4.39 Å². The minimum absolute atomic E-state index is 0.237. The van der Waals surface area contributed by atoms with Crippen LogP contribution in [0.5, 0.6) is 0 Å². The molecule has 3 nitrogen and oxygen atoms in total. The van der Waals surface area contributed by atoms with E-state index in [2.05, 4.69) is 0 Å². The van der Waals surface area contributed by atoms with Crippen LogP contribution in [0, 0.1) is 11.7 Å². The number of hydrogen-bond acceptors (Lipinski definition) is 2. The van der Waals surface area contributed by atoms with Gasteiger partial charge in [-0.2, -0.15) is 0 Å². The van der Waals surface area contributed by atoms with Gasteiger partial charge in [-0.1, -0.05) is 49.4 Å². The maximum Gasteiger partial charge on any atom is 0.254 e. The lowest BCUT2D eigenvalue weighted by molar-refractivity contribution is -0.143. The lowest BCUT2D eigenvalue weighted by Crippen LogP contribution is -2.47. The Morgan fingerprint density at radius 1 is 1.29 bits per heavy atom. The summed E-state index contributed by atoms with van der Waals surface area (Å²) in [6.07, 6.45) is 2.51. The summed E-state index contributed by atoms with van der Waals surface area (Å²) in [4.78, 5) is 12.0. The highest BCUT2D eigenvalue weighted by molar-refractivity contribution is 5.85. The predicted octanol–water partition coefficient (Wildman–Crippen LogP) is 3.25. The minimum atomic E-state index is -1.83. The third-order valence-electron chi connectivity index (χ3n) is 4.95. The third-order valence-corrected chi connectivity index (χ3v) is 4.95. The quantitative estimate of drug-likeness (QED) is 0.855. The predicted molar refractivity (Wildman–Crippen MR) is 90.8 cm³/mol. The van der Waals surface area contributed by atoms with E-state index >= 15 is 0 Å². The van der Waals surface area contributed by atoms with Gasteiger partial charge in [0.1, 0.15) is 5.82 Å². The number of benzene rings is 2. The number of amides is 1. The highest BCUT2D eigenvalue weighted by Crippen LogP contribution is 2.41. The zero-order chi connectivity index (χ0) is 17.3. The molecule has 1 fully saturated rings. The molecule has 0 aliphatic heterocycles. The van der Waals surface area contributed by atoms with Crippen molar-refractivity contribution in [2.24, 2.45) is 11.7 Å². The maximum atomic E-state index is 14.2. The molecule has 2 unspecified atom stereocenters. The van der Waals surface area contributed by atoms with Crippen molar-refractivity contribution in [3.05, 3.63) is 71.0 Å². The number of rotatable bonds is 6. The highest BCUT2D eigenvalue weighted by Gasteiger charge is 2.42. The summed E-state index contributed by atoms with van der Waals surface area (Å²) in [5.74, 6) is -1.17. The average molecular weight is 327 g/mol. The van der Waals surface area contributed by atoms with Crippen molar-refractivity contribution in [3.8, 4) is 0 Å². The first-order valence-corrected chi connectivity index (χ1v) is 8.29. The topological polar surface area (TPSA) is 63.3 Å².